The van der Waals surface area contributed by atoms with Gasteiger partial charge in [0.15, 0.2) is 0 Å². The molecule has 0 fully saturated rings. The van der Waals surface area contributed by atoms with Crippen molar-refractivity contribution in [3.8, 4) is 11.5 Å². The van der Waals surface area contributed by atoms with E-state index in [1.54, 1.807) is 37.4 Å². The number of carbonyl (C=O) groups is 1. The Labute approximate surface area is 210 Å². The van der Waals surface area contributed by atoms with Gasteiger partial charge < -0.3 is 10.1 Å². The third-order valence-corrected chi connectivity index (χ3v) is 6.09. The third-order valence-electron chi connectivity index (χ3n) is 6.09. The fourth-order valence-electron chi connectivity index (χ4n) is 4.22. The van der Waals surface area contributed by atoms with Crippen LogP contribution in [0.3, 0.4) is 0 Å². The molecule has 0 radical (unpaired) electrons. The van der Waals surface area contributed by atoms with Crippen molar-refractivity contribution < 1.29 is 18.3 Å². The highest BCUT2D eigenvalue weighted by atomic mass is 19.1. The summed E-state index contributed by atoms with van der Waals surface area (Å²) in [6, 6.07) is 12.1. The Balaban J connectivity index is 1.53. The largest absolute Gasteiger partial charge is 0.457 e. The van der Waals surface area contributed by atoms with Crippen molar-refractivity contribution in [2.24, 2.45) is 0 Å². The lowest BCUT2D eigenvalue weighted by Crippen LogP contribution is -2.23. The van der Waals surface area contributed by atoms with E-state index < -0.39 is 11.6 Å². The first-order chi connectivity index (χ1) is 17.2. The number of allylic oxidation sites excluding steroid dienone is 6. The molecule has 36 heavy (non-hydrogen) atoms. The molecule has 1 unspecified atom stereocenters. The van der Waals surface area contributed by atoms with E-state index in [-0.39, 0.29) is 17.9 Å². The Morgan fingerprint density at radius 3 is 2.64 bits per heavy atom. The van der Waals surface area contributed by atoms with Gasteiger partial charge in [0.1, 0.15) is 23.1 Å². The Morgan fingerprint density at radius 2 is 1.86 bits per heavy atom. The maximum Gasteiger partial charge on any atom is 0.251 e. The number of aromatic nitrogens is 1. The average Bonchev–Trinajstić information content (AvgIpc) is 2.82. The molecule has 2 aromatic carbocycles. The van der Waals surface area contributed by atoms with Gasteiger partial charge in [-0.25, -0.2) is 8.78 Å². The van der Waals surface area contributed by atoms with Crippen LogP contribution in [0.5, 0.6) is 11.5 Å². The van der Waals surface area contributed by atoms with E-state index >= 15 is 0 Å². The summed E-state index contributed by atoms with van der Waals surface area (Å²) in [6.07, 6.45) is 13.1. The molecule has 3 aromatic rings. The molecular formula is C30H28F2N2O2. The standard InChI is InChI=1S/C30H28F2N2O2/c1-20-8-5-4-6-12-30(3,18-20)28-17-25(11-13-33-28)36-27-10-7-9-26(21(27)2)29(35)34-19-22-14-23(31)16-24(32)15-22/h4-7,9-18H,8,19H2,1-3H3,(H,34,35)/b5-4-,12-6-,20-18-. The monoisotopic (exact) mass is 486 g/mol. The van der Waals surface area contributed by atoms with E-state index in [2.05, 4.69) is 42.4 Å². The van der Waals surface area contributed by atoms with Crippen molar-refractivity contribution >= 4 is 5.91 Å². The van der Waals surface area contributed by atoms with E-state index in [0.717, 1.165) is 18.2 Å². The maximum atomic E-state index is 13.4. The first kappa shape index (κ1) is 25.0. The van der Waals surface area contributed by atoms with E-state index in [0.29, 0.717) is 28.2 Å². The minimum Gasteiger partial charge on any atom is -0.457 e. The molecule has 0 aliphatic heterocycles. The lowest BCUT2D eigenvalue weighted by Gasteiger charge is -2.24. The van der Waals surface area contributed by atoms with Gasteiger partial charge in [-0.1, -0.05) is 42.0 Å². The van der Waals surface area contributed by atoms with Gasteiger partial charge in [0, 0.05) is 41.4 Å². The van der Waals surface area contributed by atoms with Crippen LogP contribution in [0.15, 0.2) is 90.7 Å². The summed E-state index contributed by atoms with van der Waals surface area (Å²) in [6.45, 7) is 6.01. The van der Waals surface area contributed by atoms with Gasteiger partial charge in [0.2, 0.25) is 0 Å². The molecule has 1 N–H and O–H groups in total. The second-order valence-corrected chi connectivity index (χ2v) is 9.13. The smallest absolute Gasteiger partial charge is 0.251 e. The van der Waals surface area contributed by atoms with Gasteiger partial charge in [-0.15, -0.1) is 0 Å². The van der Waals surface area contributed by atoms with E-state index in [1.807, 2.05) is 18.2 Å². The molecule has 0 saturated heterocycles. The fraction of sp³-hybridized carbons (Fsp3) is 0.200. The van der Waals surface area contributed by atoms with E-state index in [1.165, 1.54) is 17.7 Å². The van der Waals surface area contributed by atoms with Crippen LogP contribution < -0.4 is 10.1 Å². The van der Waals surface area contributed by atoms with Crippen LogP contribution in [0, 0.1) is 18.6 Å². The molecule has 4 rings (SSSR count). The number of nitrogens with zero attached hydrogens (tertiary/aromatic N) is 1. The summed E-state index contributed by atoms with van der Waals surface area (Å²) in [5.74, 6) is -0.598. The lowest BCUT2D eigenvalue weighted by molar-refractivity contribution is 0.0950. The molecular weight excluding hydrogens is 458 g/mol. The van der Waals surface area contributed by atoms with Crippen LogP contribution in [0.2, 0.25) is 0 Å². The molecule has 0 saturated carbocycles. The van der Waals surface area contributed by atoms with Gasteiger partial charge in [-0.2, -0.15) is 0 Å². The molecule has 1 atom stereocenters. The molecule has 4 nitrogen and oxygen atoms in total. The molecule has 1 aromatic heterocycles. The molecule has 1 heterocycles. The summed E-state index contributed by atoms with van der Waals surface area (Å²) in [7, 11) is 0. The van der Waals surface area contributed by atoms with Crippen LogP contribution >= 0.6 is 0 Å². The summed E-state index contributed by atoms with van der Waals surface area (Å²) in [5.41, 5.74) is 3.12. The Bertz CT molecular complexity index is 1360. The fourth-order valence-corrected chi connectivity index (χ4v) is 4.22. The first-order valence-corrected chi connectivity index (χ1v) is 11.7. The van der Waals surface area contributed by atoms with Gasteiger partial charge in [-0.05, 0) is 63.1 Å². The van der Waals surface area contributed by atoms with Crippen molar-refractivity contribution in [2.45, 2.75) is 39.2 Å². The summed E-state index contributed by atoms with van der Waals surface area (Å²) in [5, 5.41) is 2.72. The topological polar surface area (TPSA) is 51.2 Å². The van der Waals surface area contributed by atoms with Crippen LogP contribution in [0.4, 0.5) is 8.78 Å². The number of halogens is 2. The summed E-state index contributed by atoms with van der Waals surface area (Å²) in [4.78, 5) is 17.4. The zero-order valence-corrected chi connectivity index (χ0v) is 20.5. The molecule has 1 amide bonds. The zero-order chi connectivity index (χ0) is 25.7. The van der Waals surface area contributed by atoms with Crippen LogP contribution in [0.25, 0.3) is 0 Å². The molecule has 6 heteroatoms. The van der Waals surface area contributed by atoms with Crippen molar-refractivity contribution in [1.29, 1.82) is 0 Å². The maximum absolute atomic E-state index is 13.4. The number of rotatable bonds is 6. The van der Waals surface area contributed by atoms with Crippen LogP contribution in [-0.4, -0.2) is 10.9 Å². The SMILES string of the molecule is C/C1=C/C(C)(c2cc(Oc3cccc(C(=O)NCc4cc(F)cc(F)c4)c3C)ccn2)/C=C\C=C/C1. The van der Waals surface area contributed by atoms with Gasteiger partial charge in [0.25, 0.3) is 5.91 Å². The molecule has 1 aliphatic rings. The predicted octanol–water partition coefficient (Wildman–Crippen LogP) is 7.11. The Morgan fingerprint density at radius 1 is 1.08 bits per heavy atom. The first-order valence-electron chi connectivity index (χ1n) is 11.7. The lowest BCUT2D eigenvalue weighted by atomic mass is 9.82. The highest BCUT2D eigenvalue weighted by Crippen LogP contribution is 2.33. The number of pyridine rings is 1. The molecule has 1 aliphatic carbocycles. The predicted molar refractivity (Wildman–Crippen MR) is 137 cm³/mol. The Kier molecular flexibility index (Phi) is 7.44. The second kappa shape index (κ2) is 10.7. The quantitative estimate of drug-likeness (QED) is 0.378. The minimum atomic E-state index is -0.687. The number of benzene rings is 2. The number of hydrogen-bond donors (Lipinski definition) is 1. The Hall–Kier alpha value is -4.06. The average molecular weight is 487 g/mol. The molecule has 0 spiro atoms. The number of hydrogen-bond acceptors (Lipinski definition) is 3. The van der Waals surface area contributed by atoms with Crippen molar-refractivity contribution in [1.82, 2.24) is 10.3 Å². The van der Waals surface area contributed by atoms with Crippen LogP contribution in [0.1, 0.15) is 47.4 Å². The van der Waals surface area contributed by atoms with Crippen molar-refractivity contribution in [3.05, 3.63) is 125 Å². The highest BCUT2D eigenvalue weighted by Gasteiger charge is 2.24. The normalized spacial score (nSPS) is 20.4. The number of amides is 1. The van der Waals surface area contributed by atoms with Crippen molar-refractivity contribution in [2.75, 3.05) is 0 Å². The van der Waals surface area contributed by atoms with E-state index in [9.17, 15) is 13.6 Å². The van der Waals surface area contributed by atoms with E-state index in [4.69, 9.17) is 4.74 Å². The number of carbonyl (C=O) groups excluding carboxylic acids is 1. The summed E-state index contributed by atoms with van der Waals surface area (Å²) < 4.78 is 33.1. The third kappa shape index (κ3) is 5.95. The van der Waals surface area contributed by atoms with Crippen LogP contribution in [-0.2, 0) is 12.0 Å². The number of ether oxygens (including phenoxy) is 1. The van der Waals surface area contributed by atoms with Crippen molar-refractivity contribution in [3.63, 3.8) is 0 Å². The molecule has 0 bridgehead atoms. The summed E-state index contributed by atoms with van der Waals surface area (Å²) >= 11 is 0. The molecule has 184 valence electrons. The van der Waals surface area contributed by atoms with Gasteiger partial charge >= 0.3 is 0 Å². The van der Waals surface area contributed by atoms with Gasteiger partial charge in [-0.3, -0.25) is 9.78 Å². The van der Waals surface area contributed by atoms with Gasteiger partial charge in [0.05, 0.1) is 5.69 Å². The number of nitrogens with one attached hydrogen (secondary N) is 1. The minimum absolute atomic E-state index is 0.0000236. The highest BCUT2D eigenvalue weighted by molar-refractivity contribution is 5.96. The second-order valence-electron chi connectivity index (χ2n) is 9.13. The zero-order valence-electron chi connectivity index (χ0n) is 20.5.